The zero-order valence-corrected chi connectivity index (χ0v) is 31.3. The van der Waals surface area contributed by atoms with Crippen molar-refractivity contribution in [3.63, 3.8) is 0 Å². The van der Waals surface area contributed by atoms with Gasteiger partial charge in [-0.2, -0.15) is 4.98 Å². The van der Waals surface area contributed by atoms with Gasteiger partial charge in [0.1, 0.15) is 0 Å². The molecule has 1 fully saturated rings. The summed E-state index contributed by atoms with van der Waals surface area (Å²) in [6.07, 6.45) is 1.10. The van der Waals surface area contributed by atoms with Crippen LogP contribution in [0.3, 0.4) is 0 Å². The summed E-state index contributed by atoms with van der Waals surface area (Å²) < 4.78 is 16.1. The fourth-order valence-electron chi connectivity index (χ4n) is 4.94. The van der Waals surface area contributed by atoms with Gasteiger partial charge in [0.25, 0.3) is 5.89 Å². The molecule has 10 nitrogen and oxygen atoms in total. The molecule has 1 saturated heterocycles. The minimum absolute atomic E-state index is 0. The first kappa shape index (κ1) is 40.8. The number of halogens is 1. The number of carboxylic acid groups (broad SMARTS) is 1. The van der Waals surface area contributed by atoms with E-state index in [1.165, 1.54) is 0 Å². The second-order valence-electron chi connectivity index (χ2n) is 14.8. The van der Waals surface area contributed by atoms with E-state index in [4.69, 9.17) is 37.1 Å². The lowest BCUT2D eigenvalue weighted by atomic mass is 9.79. The number of ether oxygens (including phenoxy) is 2. The molecule has 1 aliphatic heterocycles. The molecule has 0 atom stereocenters. The van der Waals surface area contributed by atoms with E-state index in [1.54, 1.807) is 7.11 Å². The van der Waals surface area contributed by atoms with Gasteiger partial charge in [0.05, 0.1) is 25.2 Å². The van der Waals surface area contributed by atoms with Crippen molar-refractivity contribution < 1.29 is 23.9 Å². The van der Waals surface area contributed by atoms with Gasteiger partial charge >= 0.3 is 5.97 Å². The topological polar surface area (TPSA) is 150 Å². The molecule has 5 rings (SSSR count). The zero-order valence-electron chi connectivity index (χ0n) is 30.5. The Labute approximate surface area is 302 Å². The van der Waals surface area contributed by atoms with Crippen molar-refractivity contribution in [1.82, 2.24) is 15.0 Å². The Bertz CT molecular complexity index is 1580. The third-order valence-corrected chi connectivity index (χ3v) is 7.73. The summed E-state index contributed by atoms with van der Waals surface area (Å²) in [6, 6.07) is 23.7. The van der Waals surface area contributed by atoms with Crippen LogP contribution in [0.1, 0.15) is 59.9 Å². The molecule has 0 amide bonds. The molecule has 11 heteroatoms. The number of hydrogen-bond acceptors (Lipinski definition) is 9. The first-order valence-corrected chi connectivity index (χ1v) is 17.2. The van der Waals surface area contributed by atoms with Gasteiger partial charge in [0.15, 0.2) is 0 Å². The van der Waals surface area contributed by atoms with Crippen LogP contribution in [0.2, 0.25) is 5.02 Å². The summed E-state index contributed by atoms with van der Waals surface area (Å²) in [7, 11) is 1.60. The number of carbonyl (C=O) groups is 1. The van der Waals surface area contributed by atoms with Crippen molar-refractivity contribution in [3.05, 3.63) is 83.4 Å². The molecule has 0 unspecified atom stereocenters. The Balaban J connectivity index is 0.000000595. The number of methoxy groups -OCH3 is 1. The van der Waals surface area contributed by atoms with Crippen LogP contribution in [0.15, 0.2) is 77.3 Å². The number of piperidine rings is 1. The highest BCUT2D eigenvalue weighted by Gasteiger charge is 2.41. The van der Waals surface area contributed by atoms with Crippen molar-refractivity contribution in [3.8, 4) is 34.0 Å². The highest BCUT2D eigenvalue weighted by molar-refractivity contribution is 6.33. The van der Waals surface area contributed by atoms with E-state index in [0.717, 1.165) is 34.4 Å². The van der Waals surface area contributed by atoms with E-state index in [9.17, 15) is 9.90 Å². The van der Waals surface area contributed by atoms with Crippen LogP contribution in [0.25, 0.3) is 34.0 Å². The lowest BCUT2D eigenvalue weighted by Crippen LogP contribution is -2.46. The van der Waals surface area contributed by atoms with Crippen LogP contribution in [0.5, 0.6) is 0 Å². The second-order valence-corrected chi connectivity index (χ2v) is 15.2. The maximum Gasteiger partial charge on any atom is 0.312 e. The molecular weight excluding hydrogens is 654 g/mol. The molecule has 0 spiro atoms. The Morgan fingerprint density at radius 3 is 2.02 bits per heavy atom. The minimum atomic E-state index is -0.837. The number of hydrogen-bond donors (Lipinski definition) is 3. The van der Waals surface area contributed by atoms with Crippen LogP contribution in [0, 0.1) is 5.41 Å². The standard InChI is InChI=1S/C31H32ClN3O5.2C4H11N/c1-38-17-18-39-21-31(30(36)37)13-15-35(16-14-31)20-22-7-9-24(10-8-22)28-33-29(40-34-28)25-11-12-26(27(32)19-25)23-5-3-2-4-6-23;2*1-4(2,3)5/h2-12,19H,13-18,20-21H2,1H3,(H,36,37);2*5H2,1-3H3. The van der Waals surface area contributed by atoms with Crippen molar-refractivity contribution >= 4 is 17.6 Å². The first-order valence-electron chi connectivity index (χ1n) is 16.9. The minimum Gasteiger partial charge on any atom is -0.481 e. The second kappa shape index (κ2) is 18.6. The molecule has 5 N–H and O–H groups in total. The SMILES string of the molecule is CC(C)(C)N.CC(C)(C)N.COCCOCC1(C(=O)O)CCN(Cc2ccc(-c3noc(-c4ccc(-c5ccccc5)c(Cl)c4)n3)cc2)CC1. The molecule has 1 aliphatic rings. The van der Waals surface area contributed by atoms with Crippen LogP contribution in [-0.2, 0) is 20.8 Å². The highest BCUT2D eigenvalue weighted by Crippen LogP contribution is 2.34. The molecule has 0 aliphatic carbocycles. The van der Waals surface area contributed by atoms with E-state index in [-0.39, 0.29) is 17.7 Å². The fraction of sp³-hybridized carbons (Fsp3) is 0.462. The molecule has 1 aromatic heterocycles. The molecule has 0 saturated carbocycles. The summed E-state index contributed by atoms with van der Waals surface area (Å²) in [6.45, 7) is 15.0. The van der Waals surface area contributed by atoms with Crippen LogP contribution in [-0.4, -0.2) is 77.2 Å². The summed E-state index contributed by atoms with van der Waals surface area (Å²) in [4.78, 5) is 18.9. The van der Waals surface area contributed by atoms with Gasteiger partial charge in [-0.3, -0.25) is 9.69 Å². The first-order chi connectivity index (χ1) is 23.5. The number of likely N-dealkylation sites (tertiary alicyclic amines) is 1. The summed E-state index contributed by atoms with van der Waals surface area (Å²) in [5.74, 6) is 0.118. The van der Waals surface area contributed by atoms with Crippen LogP contribution >= 0.6 is 11.6 Å². The van der Waals surface area contributed by atoms with E-state index in [0.29, 0.717) is 55.9 Å². The maximum absolute atomic E-state index is 12.0. The van der Waals surface area contributed by atoms with Gasteiger partial charge < -0.3 is 30.6 Å². The Morgan fingerprint density at radius 2 is 1.48 bits per heavy atom. The number of nitrogens with zero attached hydrogens (tertiary/aromatic N) is 3. The highest BCUT2D eigenvalue weighted by atomic mass is 35.5. The van der Waals surface area contributed by atoms with Crippen molar-refractivity contribution in [2.45, 2.75) is 72.0 Å². The molecule has 4 aromatic rings. The van der Waals surface area contributed by atoms with Gasteiger partial charge in [-0.25, -0.2) is 0 Å². The van der Waals surface area contributed by atoms with Crippen LogP contribution < -0.4 is 11.5 Å². The van der Waals surface area contributed by atoms with Crippen LogP contribution in [0.4, 0.5) is 0 Å². The van der Waals surface area contributed by atoms with Gasteiger partial charge in [0, 0.05) is 46.4 Å². The Morgan fingerprint density at radius 1 is 0.900 bits per heavy atom. The Kier molecular flexibility index (Phi) is 15.1. The van der Waals surface area contributed by atoms with Crippen molar-refractivity contribution in [2.75, 3.05) is 40.0 Å². The van der Waals surface area contributed by atoms with Gasteiger partial charge in [-0.1, -0.05) is 77.4 Å². The van der Waals surface area contributed by atoms with E-state index >= 15 is 0 Å². The number of nitrogens with two attached hydrogens (primary N) is 2. The summed E-state index contributed by atoms with van der Waals surface area (Å²) in [5.41, 5.74) is 14.6. The number of carboxylic acids is 1. The molecule has 0 radical (unpaired) electrons. The van der Waals surface area contributed by atoms with Gasteiger partial charge in [-0.15, -0.1) is 0 Å². The van der Waals surface area contributed by atoms with E-state index in [2.05, 4.69) is 15.0 Å². The predicted molar refractivity (Wildman–Crippen MR) is 201 cm³/mol. The lowest BCUT2D eigenvalue weighted by molar-refractivity contribution is -0.157. The van der Waals surface area contributed by atoms with E-state index in [1.807, 2.05) is 114 Å². The average Bonchev–Trinajstić information content (AvgIpc) is 3.54. The number of aliphatic carboxylic acids is 1. The predicted octanol–water partition coefficient (Wildman–Crippen LogP) is 7.54. The Hall–Kier alpha value is -3.64. The molecule has 2 heterocycles. The molecule has 50 heavy (non-hydrogen) atoms. The third-order valence-electron chi connectivity index (χ3n) is 7.42. The fourth-order valence-corrected chi connectivity index (χ4v) is 5.23. The number of benzene rings is 3. The van der Waals surface area contributed by atoms with Crippen molar-refractivity contribution in [1.29, 1.82) is 0 Å². The summed E-state index contributed by atoms with van der Waals surface area (Å²) >= 11 is 6.57. The van der Waals surface area contributed by atoms with Gasteiger partial charge in [0.2, 0.25) is 5.82 Å². The zero-order chi connectivity index (χ0) is 37.0. The summed E-state index contributed by atoms with van der Waals surface area (Å²) in [5, 5.41) is 14.6. The molecule has 3 aromatic carbocycles. The average molecular weight is 708 g/mol. The van der Waals surface area contributed by atoms with Crippen molar-refractivity contribution in [2.24, 2.45) is 16.9 Å². The quantitative estimate of drug-likeness (QED) is 0.133. The van der Waals surface area contributed by atoms with Gasteiger partial charge in [-0.05, 0) is 90.7 Å². The monoisotopic (exact) mass is 707 g/mol. The van der Waals surface area contributed by atoms with E-state index < -0.39 is 11.4 Å². The lowest BCUT2D eigenvalue weighted by Gasteiger charge is -2.38. The maximum atomic E-state index is 12.0. The smallest absolute Gasteiger partial charge is 0.312 e. The number of aromatic nitrogens is 2. The normalized spacial score (nSPS) is 14.6. The molecule has 272 valence electrons. The largest absolute Gasteiger partial charge is 0.481 e. The molecule has 0 bridgehead atoms. The third kappa shape index (κ3) is 13.9. The number of rotatable bonds is 11. The molecular formula is C39H54ClN5O5.